The summed E-state index contributed by atoms with van der Waals surface area (Å²) < 4.78 is 24.1. The average molecular weight is 335 g/mol. The van der Waals surface area contributed by atoms with Gasteiger partial charge in [-0.15, -0.1) is 0 Å². The van der Waals surface area contributed by atoms with E-state index < -0.39 is 9.84 Å². The van der Waals surface area contributed by atoms with Crippen LogP contribution in [0.3, 0.4) is 0 Å². The zero-order valence-corrected chi connectivity index (χ0v) is 15.2. The van der Waals surface area contributed by atoms with Crippen molar-refractivity contribution in [2.24, 2.45) is 11.8 Å². The molecular weight excluding hydrogens is 304 g/mol. The van der Waals surface area contributed by atoms with Gasteiger partial charge in [0.2, 0.25) is 0 Å². The molecule has 1 saturated heterocycles. The van der Waals surface area contributed by atoms with E-state index in [9.17, 15) is 8.42 Å². The van der Waals surface area contributed by atoms with Gasteiger partial charge in [0.15, 0.2) is 9.84 Å². The van der Waals surface area contributed by atoms with Crippen molar-refractivity contribution >= 4 is 21.6 Å². The molecule has 2 fully saturated rings. The Morgan fingerprint density at radius 3 is 2.76 bits per heavy atom. The summed E-state index contributed by atoms with van der Waals surface area (Å²) in [4.78, 5) is 2.24. The lowest BCUT2D eigenvalue weighted by atomic mass is 9.78. The first kappa shape index (κ1) is 17.6. The van der Waals surface area contributed by atoms with E-state index in [1.807, 2.05) is 0 Å². The first-order chi connectivity index (χ1) is 9.91. The molecule has 1 aliphatic heterocycles. The molecule has 4 unspecified atom stereocenters. The molecule has 4 atom stereocenters. The highest BCUT2D eigenvalue weighted by molar-refractivity contribution is 8.00. The number of hydrogen-bond acceptors (Lipinski definition) is 5. The molecule has 1 heterocycles. The summed E-state index contributed by atoms with van der Waals surface area (Å²) in [6.45, 7) is 7.33. The van der Waals surface area contributed by atoms with Crippen molar-refractivity contribution in [2.75, 3.05) is 37.4 Å². The van der Waals surface area contributed by atoms with Gasteiger partial charge >= 0.3 is 0 Å². The van der Waals surface area contributed by atoms with Crippen molar-refractivity contribution in [3.05, 3.63) is 0 Å². The summed E-state index contributed by atoms with van der Waals surface area (Å²) in [5, 5.41) is 3.34. The third kappa shape index (κ3) is 4.85. The van der Waals surface area contributed by atoms with Crippen LogP contribution in [0.4, 0.5) is 0 Å². The fourth-order valence-electron chi connectivity index (χ4n) is 3.75. The Bertz CT molecular complexity index is 427. The second-order valence-corrected chi connectivity index (χ2v) is 10.0. The molecule has 0 aromatic rings. The van der Waals surface area contributed by atoms with E-state index in [0.717, 1.165) is 37.1 Å². The van der Waals surface area contributed by atoms with Crippen LogP contribution in [0.5, 0.6) is 0 Å². The Labute approximate surface area is 134 Å². The highest BCUT2D eigenvalue weighted by atomic mass is 32.2. The smallest absolute Gasteiger partial charge is 0.164 e. The molecule has 2 rings (SSSR count). The number of rotatable bonds is 5. The van der Waals surface area contributed by atoms with Gasteiger partial charge in [0.05, 0.1) is 0 Å². The van der Waals surface area contributed by atoms with E-state index in [4.69, 9.17) is 0 Å². The highest BCUT2D eigenvalue weighted by Gasteiger charge is 2.35. The van der Waals surface area contributed by atoms with Gasteiger partial charge in [0.1, 0.15) is 5.37 Å². The third-order valence-electron chi connectivity index (χ3n) is 4.86. The monoisotopic (exact) mass is 334 g/mol. The molecule has 21 heavy (non-hydrogen) atoms. The van der Waals surface area contributed by atoms with Crippen LogP contribution >= 0.6 is 11.8 Å². The summed E-state index contributed by atoms with van der Waals surface area (Å²) in [6, 6.07) is 0.556. The molecule has 4 nitrogen and oxygen atoms in total. The van der Waals surface area contributed by atoms with Crippen LogP contribution in [0.15, 0.2) is 0 Å². The minimum Gasteiger partial charge on any atom is -0.314 e. The van der Waals surface area contributed by atoms with E-state index >= 15 is 0 Å². The molecule has 0 amide bonds. The van der Waals surface area contributed by atoms with E-state index in [2.05, 4.69) is 24.1 Å². The predicted octanol–water partition coefficient (Wildman–Crippen LogP) is 1.82. The van der Waals surface area contributed by atoms with Crippen LogP contribution in [0.2, 0.25) is 0 Å². The molecule has 0 bridgehead atoms. The van der Waals surface area contributed by atoms with Crippen LogP contribution in [-0.2, 0) is 9.84 Å². The van der Waals surface area contributed by atoms with Gasteiger partial charge in [-0.2, -0.15) is 11.8 Å². The number of hydrogen-bond donors (Lipinski definition) is 1. The first-order valence-corrected chi connectivity index (χ1v) is 11.3. The fourth-order valence-corrected chi connectivity index (χ4v) is 6.70. The standard InChI is InChI=1S/C15H30N2O2S2/c1-4-16-14-6-5-12(2)9-13(14)10-17-7-8-20-11-15(17)21(3,18)19/h12-16H,4-11H2,1-3H3. The van der Waals surface area contributed by atoms with Crippen LogP contribution in [-0.4, -0.2) is 62.1 Å². The normalized spacial score (nSPS) is 35.8. The lowest BCUT2D eigenvalue weighted by Crippen LogP contribution is -2.52. The summed E-state index contributed by atoms with van der Waals surface area (Å²) in [5.41, 5.74) is 0. The fraction of sp³-hybridized carbons (Fsp3) is 1.00. The Hall–Kier alpha value is 0.220. The molecule has 2 aliphatic rings. The predicted molar refractivity (Wildman–Crippen MR) is 91.5 cm³/mol. The van der Waals surface area contributed by atoms with Crippen molar-refractivity contribution in [1.82, 2.24) is 10.2 Å². The van der Waals surface area contributed by atoms with Gasteiger partial charge in [-0.05, 0) is 37.6 Å². The number of nitrogens with zero attached hydrogens (tertiary/aromatic N) is 1. The van der Waals surface area contributed by atoms with Gasteiger partial charge in [0.25, 0.3) is 0 Å². The minimum atomic E-state index is -2.98. The van der Waals surface area contributed by atoms with Gasteiger partial charge < -0.3 is 5.32 Å². The Morgan fingerprint density at radius 2 is 2.10 bits per heavy atom. The molecule has 6 heteroatoms. The average Bonchev–Trinajstić information content (AvgIpc) is 2.41. The second-order valence-electron chi connectivity index (χ2n) is 6.70. The van der Waals surface area contributed by atoms with Crippen molar-refractivity contribution in [1.29, 1.82) is 0 Å². The zero-order valence-electron chi connectivity index (χ0n) is 13.5. The highest BCUT2D eigenvalue weighted by Crippen LogP contribution is 2.31. The maximum atomic E-state index is 12.0. The lowest BCUT2D eigenvalue weighted by molar-refractivity contribution is 0.143. The largest absolute Gasteiger partial charge is 0.314 e. The van der Waals surface area contributed by atoms with Crippen molar-refractivity contribution in [3.63, 3.8) is 0 Å². The molecule has 124 valence electrons. The van der Waals surface area contributed by atoms with Crippen molar-refractivity contribution in [2.45, 2.75) is 44.5 Å². The third-order valence-corrected chi connectivity index (χ3v) is 7.55. The Balaban J connectivity index is 2.05. The molecule has 0 aromatic heterocycles. The van der Waals surface area contributed by atoms with Gasteiger partial charge in [0, 0.05) is 36.9 Å². The topological polar surface area (TPSA) is 49.4 Å². The molecular formula is C15H30N2O2S2. The zero-order chi connectivity index (χ0) is 15.5. The van der Waals surface area contributed by atoms with Crippen LogP contribution in [0, 0.1) is 11.8 Å². The summed E-state index contributed by atoms with van der Waals surface area (Å²) >= 11 is 1.77. The van der Waals surface area contributed by atoms with E-state index in [0.29, 0.717) is 12.0 Å². The van der Waals surface area contributed by atoms with Crippen LogP contribution < -0.4 is 5.32 Å². The number of nitrogens with one attached hydrogen (secondary N) is 1. The van der Waals surface area contributed by atoms with Crippen LogP contribution in [0.25, 0.3) is 0 Å². The molecule has 0 spiro atoms. The molecule has 1 aliphatic carbocycles. The SMILES string of the molecule is CCNC1CCC(C)CC1CN1CCSCC1S(C)(=O)=O. The van der Waals surface area contributed by atoms with E-state index in [1.165, 1.54) is 25.5 Å². The van der Waals surface area contributed by atoms with Gasteiger partial charge in [-0.3, -0.25) is 4.90 Å². The van der Waals surface area contributed by atoms with E-state index in [-0.39, 0.29) is 5.37 Å². The van der Waals surface area contributed by atoms with Crippen LogP contribution in [0.1, 0.15) is 33.1 Å². The van der Waals surface area contributed by atoms with Crippen molar-refractivity contribution < 1.29 is 8.42 Å². The first-order valence-electron chi connectivity index (χ1n) is 8.15. The maximum absolute atomic E-state index is 12.0. The van der Waals surface area contributed by atoms with Crippen molar-refractivity contribution in [3.8, 4) is 0 Å². The second kappa shape index (κ2) is 7.66. The number of sulfone groups is 1. The maximum Gasteiger partial charge on any atom is 0.164 e. The Kier molecular flexibility index (Phi) is 6.41. The lowest BCUT2D eigenvalue weighted by Gasteiger charge is -2.41. The van der Waals surface area contributed by atoms with Gasteiger partial charge in [-0.25, -0.2) is 8.42 Å². The summed E-state index contributed by atoms with van der Waals surface area (Å²) in [7, 11) is -2.98. The molecule has 0 radical (unpaired) electrons. The van der Waals surface area contributed by atoms with Gasteiger partial charge in [-0.1, -0.05) is 13.8 Å². The summed E-state index contributed by atoms with van der Waals surface area (Å²) in [5.74, 6) is 3.13. The molecule has 1 saturated carbocycles. The molecule has 0 aromatic carbocycles. The molecule has 1 N–H and O–H groups in total. The summed E-state index contributed by atoms with van der Waals surface area (Å²) in [6.07, 6.45) is 5.13. The Morgan fingerprint density at radius 1 is 1.33 bits per heavy atom. The number of thioether (sulfide) groups is 1. The minimum absolute atomic E-state index is 0.282. The van der Waals surface area contributed by atoms with E-state index in [1.54, 1.807) is 11.8 Å². The quantitative estimate of drug-likeness (QED) is 0.831.